The lowest BCUT2D eigenvalue weighted by Crippen LogP contribution is -1.95. The van der Waals surface area contributed by atoms with Crippen LogP contribution in [0.5, 0.6) is 0 Å². The van der Waals surface area contributed by atoms with E-state index in [1.165, 1.54) is 11.8 Å². The van der Waals surface area contributed by atoms with Gasteiger partial charge in [-0.25, -0.2) is 0 Å². The van der Waals surface area contributed by atoms with Crippen molar-refractivity contribution in [1.82, 2.24) is 29.9 Å². The van der Waals surface area contributed by atoms with E-state index in [4.69, 9.17) is 4.52 Å². The number of hydrogen-bond acceptors (Lipinski definition) is 8. The van der Waals surface area contributed by atoms with Crippen molar-refractivity contribution in [3.8, 4) is 22.8 Å². The van der Waals surface area contributed by atoms with Crippen molar-refractivity contribution in [3.05, 3.63) is 47.2 Å². The van der Waals surface area contributed by atoms with E-state index in [-0.39, 0.29) is 0 Å². The van der Waals surface area contributed by atoms with E-state index >= 15 is 0 Å². The minimum atomic E-state index is 0.542. The molecule has 9 heteroatoms. The predicted molar refractivity (Wildman–Crippen MR) is 91.4 cm³/mol. The van der Waals surface area contributed by atoms with Crippen molar-refractivity contribution in [1.29, 1.82) is 0 Å². The second kappa shape index (κ2) is 6.54. The summed E-state index contributed by atoms with van der Waals surface area (Å²) in [7, 11) is 1.93. The third-order valence-electron chi connectivity index (χ3n) is 3.32. The average molecular weight is 356 g/mol. The van der Waals surface area contributed by atoms with E-state index in [1.54, 1.807) is 23.7 Å². The highest BCUT2D eigenvalue weighted by Gasteiger charge is 2.14. The van der Waals surface area contributed by atoms with Gasteiger partial charge in [0.15, 0.2) is 16.8 Å². The largest absolute Gasteiger partial charge is 0.334 e. The minimum Gasteiger partial charge on any atom is -0.334 e. The normalized spacial score (nSPS) is 11.0. The van der Waals surface area contributed by atoms with Crippen LogP contribution in [0.25, 0.3) is 22.8 Å². The highest BCUT2D eigenvalue weighted by atomic mass is 32.2. The SMILES string of the molecule is Cn1c(SCc2noc(-c3ccsc3)n2)nnc1-c1cccnc1. The van der Waals surface area contributed by atoms with Crippen LogP contribution in [0, 0.1) is 0 Å². The molecule has 0 radical (unpaired) electrons. The molecular formula is C15H12N6OS2. The standard InChI is InChI=1S/C15H12N6OS2/c1-21-13(10-3-2-5-16-7-10)18-19-15(21)24-9-12-17-14(22-20-12)11-4-6-23-8-11/h2-8H,9H2,1H3. The molecule has 0 fully saturated rings. The minimum absolute atomic E-state index is 0.542. The molecule has 0 aliphatic heterocycles. The van der Waals surface area contributed by atoms with Crippen molar-refractivity contribution in [3.63, 3.8) is 0 Å². The molecule has 0 saturated carbocycles. The summed E-state index contributed by atoms with van der Waals surface area (Å²) in [5.74, 6) is 2.51. The molecule has 120 valence electrons. The molecule has 0 unspecified atom stereocenters. The third-order valence-corrected chi connectivity index (χ3v) is 5.02. The Morgan fingerprint density at radius 1 is 1.25 bits per heavy atom. The fraction of sp³-hybridized carbons (Fsp3) is 0.133. The summed E-state index contributed by atoms with van der Waals surface area (Å²) < 4.78 is 7.22. The lowest BCUT2D eigenvalue weighted by Gasteiger charge is -2.02. The Morgan fingerprint density at radius 3 is 3.00 bits per heavy atom. The molecule has 0 saturated heterocycles. The summed E-state index contributed by atoms with van der Waals surface area (Å²) in [6.45, 7) is 0. The summed E-state index contributed by atoms with van der Waals surface area (Å²) in [5, 5.41) is 17.2. The van der Waals surface area contributed by atoms with Gasteiger partial charge in [-0.1, -0.05) is 16.9 Å². The predicted octanol–water partition coefficient (Wildman–Crippen LogP) is 3.28. The molecule has 7 nitrogen and oxygen atoms in total. The maximum Gasteiger partial charge on any atom is 0.258 e. The average Bonchev–Trinajstić information content (AvgIpc) is 3.35. The summed E-state index contributed by atoms with van der Waals surface area (Å²) in [4.78, 5) is 8.52. The maximum atomic E-state index is 5.28. The zero-order chi connectivity index (χ0) is 16.4. The van der Waals surface area contributed by atoms with Gasteiger partial charge in [-0.05, 0) is 23.6 Å². The van der Waals surface area contributed by atoms with Crippen molar-refractivity contribution in [2.45, 2.75) is 10.9 Å². The Morgan fingerprint density at radius 2 is 2.21 bits per heavy atom. The lowest BCUT2D eigenvalue weighted by atomic mass is 10.3. The van der Waals surface area contributed by atoms with Crippen LogP contribution >= 0.6 is 23.1 Å². The zero-order valence-corrected chi connectivity index (χ0v) is 14.3. The number of hydrogen-bond donors (Lipinski definition) is 0. The van der Waals surface area contributed by atoms with Crippen LogP contribution in [-0.2, 0) is 12.8 Å². The zero-order valence-electron chi connectivity index (χ0n) is 12.7. The smallest absolute Gasteiger partial charge is 0.258 e. The van der Waals surface area contributed by atoms with E-state index in [0.29, 0.717) is 17.5 Å². The van der Waals surface area contributed by atoms with Gasteiger partial charge in [0.2, 0.25) is 0 Å². The van der Waals surface area contributed by atoms with Crippen LogP contribution in [0.15, 0.2) is 51.0 Å². The van der Waals surface area contributed by atoms with Gasteiger partial charge >= 0.3 is 0 Å². The molecule has 0 aromatic carbocycles. The number of aromatic nitrogens is 6. The summed E-state index contributed by atoms with van der Waals surface area (Å²) in [5.41, 5.74) is 1.87. The fourth-order valence-electron chi connectivity index (χ4n) is 2.13. The van der Waals surface area contributed by atoms with Gasteiger partial charge in [-0.3, -0.25) is 4.98 Å². The molecule has 0 amide bonds. The van der Waals surface area contributed by atoms with Gasteiger partial charge in [0.25, 0.3) is 5.89 Å². The first-order valence-electron chi connectivity index (χ1n) is 7.09. The highest BCUT2D eigenvalue weighted by Crippen LogP contribution is 2.25. The van der Waals surface area contributed by atoms with Crippen LogP contribution in [0.3, 0.4) is 0 Å². The molecule has 0 spiro atoms. The first-order valence-corrected chi connectivity index (χ1v) is 9.02. The van der Waals surface area contributed by atoms with Crippen molar-refractivity contribution >= 4 is 23.1 Å². The van der Waals surface area contributed by atoms with Crippen LogP contribution in [0.2, 0.25) is 0 Å². The van der Waals surface area contributed by atoms with E-state index in [0.717, 1.165) is 22.1 Å². The van der Waals surface area contributed by atoms with Crippen LogP contribution < -0.4 is 0 Å². The van der Waals surface area contributed by atoms with Crippen LogP contribution in [0.1, 0.15) is 5.82 Å². The van der Waals surface area contributed by atoms with Crippen molar-refractivity contribution in [2.24, 2.45) is 7.05 Å². The third kappa shape index (κ3) is 2.95. The fourth-order valence-corrected chi connectivity index (χ4v) is 3.52. The van der Waals surface area contributed by atoms with Crippen LogP contribution in [-0.4, -0.2) is 29.9 Å². The molecule has 0 atom stereocenters. The Kier molecular flexibility index (Phi) is 4.09. The lowest BCUT2D eigenvalue weighted by molar-refractivity contribution is 0.425. The molecule has 24 heavy (non-hydrogen) atoms. The molecule has 4 aromatic heterocycles. The Hall–Kier alpha value is -2.52. The number of thioether (sulfide) groups is 1. The molecule has 0 aliphatic carbocycles. The van der Waals surface area contributed by atoms with Gasteiger partial charge in [0, 0.05) is 30.4 Å². The monoisotopic (exact) mass is 356 g/mol. The summed E-state index contributed by atoms with van der Waals surface area (Å²) >= 11 is 3.11. The highest BCUT2D eigenvalue weighted by molar-refractivity contribution is 7.98. The first-order chi connectivity index (χ1) is 11.8. The van der Waals surface area contributed by atoms with E-state index < -0.39 is 0 Å². The number of rotatable bonds is 5. The van der Waals surface area contributed by atoms with Crippen LogP contribution in [0.4, 0.5) is 0 Å². The van der Waals surface area contributed by atoms with Gasteiger partial charge in [-0.2, -0.15) is 16.3 Å². The molecule has 0 bridgehead atoms. The molecule has 4 aromatic rings. The molecule has 0 aliphatic rings. The Balaban J connectivity index is 1.48. The van der Waals surface area contributed by atoms with Gasteiger partial charge < -0.3 is 9.09 Å². The maximum absolute atomic E-state index is 5.28. The first kappa shape index (κ1) is 15.0. The van der Waals surface area contributed by atoms with E-state index in [1.807, 2.05) is 40.6 Å². The van der Waals surface area contributed by atoms with Gasteiger partial charge in [0.1, 0.15) is 0 Å². The quantitative estimate of drug-likeness (QED) is 0.507. The molecule has 0 N–H and O–H groups in total. The van der Waals surface area contributed by atoms with Gasteiger partial charge in [0.05, 0.1) is 11.3 Å². The number of nitrogens with zero attached hydrogens (tertiary/aromatic N) is 6. The number of thiophene rings is 1. The Labute approximate surface area is 145 Å². The second-order valence-electron chi connectivity index (χ2n) is 4.92. The second-order valence-corrected chi connectivity index (χ2v) is 6.65. The summed E-state index contributed by atoms with van der Waals surface area (Å²) in [6.07, 6.45) is 3.50. The Bertz CT molecular complexity index is 932. The van der Waals surface area contributed by atoms with Gasteiger partial charge in [-0.15, -0.1) is 10.2 Å². The van der Waals surface area contributed by atoms with E-state index in [9.17, 15) is 0 Å². The summed E-state index contributed by atoms with van der Waals surface area (Å²) in [6, 6.07) is 5.79. The van der Waals surface area contributed by atoms with E-state index in [2.05, 4.69) is 25.3 Å². The molecule has 4 rings (SSSR count). The molecular weight excluding hydrogens is 344 g/mol. The van der Waals surface area contributed by atoms with Crippen molar-refractivity contribution < 1.29 is 4.52 Å². The number of pyridine rings is 1. The molecule has 4 heterocycles. The van der Waals surface area contributed by atoms with Crippen molar-refractivity contribution in [2.75, 3.05) is 0 Å². The topological polar surface area (TPSA) is 82.5 Å².